The highest BCUT2D eigenvalue weighted by Crippen LogP contribution is 2.13. The quantitative estimate of drug-likeness (QED) is 0.806. The lowest BCUT2D eigenvalue weighted by Crippen LogP contribution is -3.15. The van der Waals surface area contributed by atoms with Crippen molar-refractivity contribution in [3.05, 3.63) is 60.2 Å². The Hall–Kier alpha value is -2.53. The molecule has 0 aliphatic carbocycles. The number of quaternary nitrogens is 1. The Morgan fingerprint density at radius 1 is 1.04 bits per heavy atom. The van der Waals surface area contributed by atoms with E-state index in [4.69, 9.17) is 0 Å². The lowest BCUT2D eigenvalue weighted by atomic mass is 10.2. The van der Waals surface area contributed by atoms with Crippen molar-refractivity contribution in [3.63, 3.8) is 0 Å². The van der Waals surface area contributed by atoms with Gasteiger partial charge in [-0.3, -0.25) is 4.79 Å². The van der Waals surface area contributed by atoms with Crippen molar-refractivity contribution in [2.24, 2.45) is 0 Å². The Morgan fingerprint density at radius 3 is 2.31 bits per heavy atom. The minimum absolute atomic E-state index is 0.129. The maximum Gasteiger partial charge on any atom is 0.275 e. The zero-order valence-corrected chi connectivity index (χ0v) is 15.7. The molecule has 0 radical (unpaired) electrons. The van der Waals surface area contributed by atoms with Crippen molar-refractivity contribution >= 4 is 17.3 Å². The second kappa shape index (κ2) is 8.72. The van der Waals surface area contributed by atoms with Gasteiger partial charge in [0.2, 0.25) is 0 Å². The van der Waals surface area contributed by atoms with E-state index in [9.17, 15) is 4.79 Å². The van der Waals surface area contributed by atoms with Crippen LogP contribution >= 0.6 is 0 Å². The Morgan fingerprint density at radius 2 is 1.69 bits per heavy atom. The van der Waals surface area contributed by atoms with E-state index in [2.05, 4.69) is 63.6 Å². The van der Waals surface area contributed by atoms with Crippen molar-refractivity contribution in [2.45, 2.75) is 6.54 Å². The van der Waals surface area contributed by atoms with Crippen LogP contribution in [0, 0.1) is 0 Å². The monoisotopic (exact) mass is 353 g/mol. The second-order valence-corrected chi connectivity index (χ2v) is 7.09. The van der Waals surface area contributed by atoms with E-state index in [1.807, 2.05) is 20.2 Å². The van der Waals surface area contributed by atoms with Crippen LogP contribution in [0.4, 0.5) is 11.4 Å². The van der Waals surface area contributed by atoms with Crippen LogP contribution in [0.25, 0.3) is 0 Å². The third kappa shape index (κ3) is 4.99. The predicted octanol–water partition coefficient (Wildman–Crippen LogP) is 0.774. The highest BCUT2D eigenvalue weighted by molar-refractivity contribution is 5.76. The van der Waals surface area contributed by atoms with Crippen LogP contribution in [0.15, 0.2) is 54.6 Å². The zero-order chi connectivity index (χ0) is 18.4. The Kier molecular flexibility index (Phi) is 6.12. The summed E-state index contributed by atoms with van der Waals surface area (Å²) in [5.41, 5.74) is 3.57. The lowest BCUT2D eigenvalue weighted by Gasteiger charge is -2.33. The molecule has 1 aliphatic rings. The summed E-state index contributed by atoms with van der Waals surface area (Å²) in [6.07, 6.45) is 0. The number of nitrogens with zero attached hydrogens (tertiary/aromatic N) is 2. The van der Waals surface area contributed by atoms with Crippen LogP contribution in [0.2, 0.25) is 0 Å². The van der Waals surface area contributed by atoms with Gasteiger partial charge in [0.05, 0.1) is 26.2 Å². The summed E-state index contributed by atoms with van der Waals surface area (Å²) in [6.45, 7) is 5.14. The number of para-hydroxylation sites is 1. The maximum atomic E-state index is 12.3. The molecule has 0 unspecified atom stereocenters. The first kappa shape index (κ1) is 18.3. The van der Waals surface area contributed by atoms with Gasteiger partial charge in [-0.25, -0.2) is 0 Å². The number of piperazine rings is 1. The third-order valence-corrected chi connectivity index (χ3v) is 4.94. The smallest absolute Gasteiger partial charge is 0.275 e. The first-order valence-electron chi connectivity index (χ1n) is 9.28. The Balaban J connectivity index is 1.40. The number of carbonyl (C=O) groups excluding carboxylic acids is 1. The molecule has 26 heavy (non-hydrogen) atoms. The minimum atomic E-state index is 0.129. The van der Waals surface area contributed by atoms with Crippen molar-refractivity contribution in [3.8, 4) is 0 Å². The van der Waals surface area contributed by atoms with Crippen LogP contribution in [-0.4, -0.2) is 52.7 Å². The minimum Gasteiger partial charge on any atom is -0.378 e. The van der Waals surface area contributed by atoms with E-state index in [1.165, 1.54) is 16.3 Å². The van der Waals surface area contributed by atoms with E-state index in [-0.39, 0.29) is 5.91 Å². The van der Waals surface area contributed by atoms with Crippen molar-refractivity contribution in [1.82, 2.24) is 5.32 Å². The number of carbonyl (C=O) groups is 1. The molecule has 0 aromatic heterocycles. The second-order valence-electron chi connectivity index (χ2n) is 7.09. The highest BCUT2D eigenvalue weighted by Gasteiger charge is 2.22. The van der Waals surface area contributed by atoms with Gasteiger partial charge in [0, 0.05) is 32.0 Å². The molecule has 5 heteroatoms. The molecule has 0 saturated carbocycles. The van der Waals surface area contributed by atoms with Crippen LogP contribution < -0.4 is 20.0 Å². The summed E-state index contributed by atoms with van der Waals surface area (Å²) in [6, 6.07) is 18.8. The molecule has 0 bridgehead atoms. The van der Waals surface area contributed by atoms with E-state index in [1.54, 1.807) is 0 Å². The van der Waals surface area contributed by atoms with Gasteiger partial charge in [-0.05, 0) is 29.8 Å². The zero-order valence-electron chi connectivity index (χ0n) is 15.7. The Bertz CT molecular complexity index is 692. The van der Waals surface area contributed by atoms with E-state index < -0.39 is 0 Å². The van der Waals surface area contributed by atoms with Gasteiger partial charge in [0.25, 0.3) is 5.91 Å². The molecule has 2 aromatic carbocycles. The lowest BCUT2D eigenvalue weighted by molar-refractivity contribution is -0.892. The van der Waals surface area contributed by atoms with E-state index in [0.717, 1.165) is 31.7 Å². The normalized spacial score (nSPS) is 14.9. The molecular weight excluding hydrogens is 324 g/mol. The molecule has 5 nitrogen and oxygen atoms in total. The van der Waals surface area contributed by atoms with Crippen molar-refractivity contribution in [2.75, 3.05) is 56.6 Å². The molecule has 0 spiro atoms. The summed E-state index contributed by atoms with van der Waals surface area (Å²) >= 11 is 0. The molecule has 1 aliphatic heterocycles. The van der Waals surface area contributed by atoms with E-state index in [0.29, 0.717) is 13.1 Å². The predicted molar refractivity (Wildman–Crippen MR) is 107 cm³/mol. The van der Waals surface area contributed by atoms with Gasteiger partial charge in [0.1, 0.15) is 0 Å². The average Bonchev–Trinajstić information content (AvgIpc) is 2.68. The largest absolute Gasteiger partial charge is 0.378 e. The van der Waals surface area contributed by atoms with Gasteiger partial charge in [0.15, 0.2) is 6.54 Å². The topological polar surface area (TPSA) is 40.0 Å². The molecule has 1 amide bonds. The molecule has 2 N–H and O–H groups in total. The number of benzene rings is 2. The van der Waals surface area contributed by atoms with Crippen molar-refractivity contribution < 1.29 is 9.69 Å². The molecule has 1 heterocycles. The number of rotatable bonds is 6. The Labute approximate surface area is 156 Å². The molecule has 2 aromatic rings. The van der Waals surface area contributed by atoms with Crippen LogP contribution in [-0.2, 0) is 11.3 Å². The van der Waals surface area contributed by atoms with Crippen molar-refractivity contribution in [1.29, 1.82) is 0 Å². The molecular formula is C21H29N4O+. The fourth-order valence-corrected chi connectivity index (χ4v) is 3.30. The van der Waals surface area contributed by atoms with Gasteiger partial charge < -0.3 is 20.0 Å². The van der Waals surface area contributed by atoms with Crippen LogP contribution in [0.5, 0.6) is 0 Å². The molecule has 3 rings (SSSR count). The SMILES string of the molecule is CN(C)c1ccc(CNC(=O)C[NH+]2CCN(c3ccccc3)CC2)cc1. The first-order chi connectivity index (χ1) is 12.6. The number of amides is 1. The third-order valence-electron chi connectivity index (χ3n) is 4.94. The average molecular weight is 353 g/mol. The highest BCUT2D eigenvalue weighted by atomic mass is 16.2. The van der Waals surface area contributed by atoms with Gasteiger partial charge in [-0.15, -0.1) is 0 Å². The first-order valence-corrected chi connectivity index (χ1v) is 9.28. The van der Waals surface area contributed by atoms with Gasteiger partial charge in [-0.2, -0.15) is 0 Å². The van der Waals surface area contributed by atoms with E-state index >= 15 is 0 Å². The molecule has 138 valence electrons. The van der Waals surface area contributed by atoms with Gasteiger partial charge >= 0.3 is 0 Å². The summed E-state index contributed by atoms with van der Waals surface area (Å²) in [4.78, 5) is 18.1. The number of hydrogen-bond acceptors (Lipinski definition) is 3. The number of anilines is 2. The molecule has 0 atom stereocenters. The molecule has 1 fully saturated rings. The standard InChI is InChI=1S/C21H28N4O/c1-23(2)19-10-8-18(9-11-19)16-22-21(26)17-24-12-14-25(15-13-24)20-6-4-3-5-7-20/h3-11H,12-17H2,1-2H3,(H,22,26)/p+1. The van der Waals surface area contributed by atoms with Crippen LogP contribution in [0.1, 0.15) is 5.56 Å². The summed E-state index contributed by atoms with van der Waals surface area (Å²) in [5, 5.41) is 3.05. The fourth-order valence-electron chi connectivity index (χ4n) is 3.30. The summed E-state index contributed by atoms with van der Waals surface area (Å²) < 4.78 is 0. The number of hydrogen-bond donors (Lipinski definition) is 2. The number of nitrogens with one attached hydrogen (secondary N) is 2. The fraction of sp³-hybridized carbons (Fsp3) is 0.381. The maximum absolute atomic E-state index is 12.3. The summed E-state index contributed by atoms with van der Waals surface area (Å²) in [5.74, 6) is 0.129. The molecule has 1 saturated heterocycles. The van der Waals surface area contributed by atoms with Crippen LogP contribution in [0.3, 0.4) is 0 Å². The summed E-state index contributed by atoms with van der Waals surface area (Å²) in [7, 11) is 4.05. The van der Waals surface area contributed by atoms with Gasteiger partial charge in [-0.1, -0.05) is 30.3 Å².